The predicted molar refractivity (Wildman–Crippen MR) is 105 cm³/mol. The molecule has 0 aromatic rings. The summed E-state index contributed by atoms with van der Waals surface area (Å²) >= 11 is 0. The molecule has 26 heavy (non-hydrogen) atoms. The monoisotopic (exact) mass is 389 g/mol. The van der Waals surface area contributed by atoms with Crippen molar-refractivity contribution in [1.29, 1.82) is 0 Å². The number of carbonyl (C=O) groups is 1. The van der Waals surface area contributed by atoms with Crippen molar-refractivity contribution in [3.05, 3.63) is 35.1 Å². The topological polar surface area (TPSA) is 74.2 Å². The van der Waals surface area contributed by atoms with Gasteiger partial charge in [0.1, 0.15) is 0 Å². The van der Waals surface area contributed by atoms with Crippen molar-refractivity contribution in [3.63, 3.8) is 0 Å². The van der Waals surface area contributed by atoms with E-state index in [1.54, 1.807) is 13.8 Å². The van der Waals surface area contributed by atoms with Crippen LogP contribution in [0, 0.1) is 0 Å². The maximum Gasteiger partial charge on any atom is 0.618 e. The number of methoxy groups -OCH3 is 1. The van der Waals surface area contributed by atoms with Crippen LogP contribution in [0.1, 0.15) is 60.3 Å². The minimum absolute atomic E-state index is 0.235. The van der Waals surface area contributed by atoms with E-state index in [0.29, 0.717) is 12.8 Å². The van der Waals surface area contributed by atoms with E-state index in [-0.39, 0.29) is 19.0 Å². The minimum Gasteiger partial charge on any atom is -0.466 e. The number of allylic oxidation sites excluding steroid dienone is 5. The van der Waals surface area contributed by atoms with E-state index in [4.69, 9.17) is 13.6 Å². The van der Waals surface area contributed by atoms with Crippen molar-refractivity contribution in [2.75, 3.05) is 20.3 Å². The number of rotatable bonds is 13. The number of hydrogen-bond acceptors (Lipinski definition) is 6. The lowest BCUT2D eigenvalue weighted by Gasteiger charge is -2.15. The number of carbonyl (C=O) groups excluding carboxylic acids is 1. The quantitative estimate of drug-likeness (QED) is 0.152. The van der Waals surface area contributed by atoms with E-state index in [1.807, 2.05) is 0 Å². The first-order valence-corrected chi connectivity index (χ1v) is 10.4. The van der Waals surface area contributed by atoms with Crippen molar-refractivity contribution in [3.8, 4) is 0 Å². The number of hydrogen-bond donors (Lipinski definition) is 1. The van der Waals surface area contributed by atoms with Crippen LogP contribution in [-0.2, 0) is 23.1 Å². The van der Waals surface area contributed by atoms with Crippen LogP contribution >= 0.6 is 8.17 Å². The summed E-state index contributed by atoms with van der Waals surface area (Å²) < 4.78 is 20.6. The van der Waals surface area contributed by atoms with Crippen molar-refractivity contribution < 1.29 is 28.0 Å². The Labute approximate surface area is 158 Å². The van der Waals surface area contributed by atoms with Gasteiger partial charge in [-0.2, -0.15) is 4.89 Å². The minimum atomic E-state index is -3.49. The van der Waals surface area contributed by atoms with E-state index in [2.05, 4.69) is 37.7 Å². The molecule has 150 valence electrons. The maximum absolute atomic E-state index is 11.6. The van der Waals surface area contributed by atoms with Crippen LogP contribution in [-0.4, -0.2) is 31.2 Å². The summed E-state index contributed by atoms with van der Waals surface area (Å²) in [5.74, 6) is -0.272. The molecule has 0 aromatic carbocycles. The summed E-state index contributed by atoms with van der Waals surface area (Å²) in [7, 11) is -2.20. The zero-order valence-corrected chi connectivity index (χ0v) is 17.8. The molecular formula is C19H34O6P+. The van der Waals surface area contributed by atoms with Crippen LogP contribution in [0.25, 0.3) is 0 Å². The van der Waals surface area contributed by atoms with Gasteiger partial charge in [-0.05, 0) is 53.9 Å². The molecule has 0 fully saturated rings. The molecule has 0 aliphatic rings. The van der Waals surface area contributed by atoms with Gasteiger partial charge in [0.2, 0.25) is 0 Å². The number of esters is 1. The Morgan fingerprint density at radius 3 is 2.08 bits per heavy atom. The van der Waals surface area contributed by atoms with Gasteiger partial charge in [-0.25, -0.2) is 4.79 Å². The van der Waals surface area contributed by atoms with Crippen molar-refractivity contribution in [1.82, 2.24) is 0 Å². The van der Waals surface area contributed by atoms with E-state index in [0.717, 1.165) is 12.8 Å². The number of ether oxygens (including phenoxy) is 1. The van der Waals surface area contributed by atoms with Gasteiger partial charge in [-0.3, -0.25) is 4.52 Å². The third-order valence-corrected chi connectivity index (χ3v) is 4.91. The van der Waals surface area contributed by atoms with Crippen LogP contribution < -0.4 is 0 Å². The van der Waals surface area contributed by atoms with Crippen molar-refractivity contribution in [2.24, 2.45) is 0 Å². The highest BCUT2D eigenvalue weighted by Crippen LogP contribution is 2.59. The third-order valence-electron chi connectivity index (χ3n) is 3.27. The van der Waals surface area contributed by atoms with Crippen LogP contribution in [0.5, 0.6) is 0 Å². The average Bonchev–Trinajstić information content (AvgIpc) is 2.54. The zero-order valence-electron chi connectivity index (χ0n) is 16.9. The largest absolute Gasteiger partial charge is 0.618 e. The first kappa shape index (κ1) is 24.8. The Kier molecular flexibility index (Phi) is 13.3. The van der Waals surface area contributed by atoms with Gasteiger partial charge in [-0.15, -0.1) is 9.05 Å². The molecule has 0 bridgehead atoms. The Morgan fingerprint density at radius 1 is 1.00 bits per heavy atom. The fraction of sp³-hybridized carbons (Fsp3) is 0.632. The van der Waals surface area contributed by atoms with E-state index < -0.39 is 14.1 Å². The molecule has 0 radical (unpaired) electrons. The van der Waals surface area contributed by atoms with Gasteiger partial charge in [0, 0.05) is 6.42 Å². The van der Waals surface area contributed by atoms with Crippen molar-refractivity contribution >= 4 is 14.1 Å². The first-order chi connectivity index (χ1) is 12.3. The lowest BCUT2D eigenvalue weighted by molar-refractivity contribution is -0.135. The van der Waals surface area contributed by atoms with E-state index in [1.165, 1.54) is 24.3 Å². The molecule has 6 nitrogen and oxygen atoms in total. The summed E-state index contributed by atoms with van der Waals surface area (Å²) in [5.41, 5.74) is 2.57. The lowest BCUT2D eigenvalue weighted by Crippen LogP contribution is -2.08. The highest BCUT2D eigenvalue weighted by molar-refractivity contribution is 7.55. The van der Waals surface area contributed by atoms with Crippen LogP contribution in [0.2, 0.25) is 0 Å². The van der Waals surface area contributed by atoms with Crippen molar-refractivity contribution in [2.45, 2.75) is 60.3 Å². The van der Waals surface area contributed by atoms with E-state index in [9.17, 15) is 9.69 Å². The molecule has 0 atom stereocenters. The molecule has 0 spiro atoms. The molecule has 0 saturated heterocycles. The van der Waals surface area contributed by atoms with Gasteiger partial charge in [0.15, 0.2) is 5.76 Å². The molecule has 0 saturated carbocycles. The van der Waals surface area contributed by atoms with E-state index >= 15 is 0 Å². The summed E-state index contributed by atoms with van der Waals surface area (Å²) in [6.45, 7) is 10.2. The Bertz CT molecular complexity index is 500. The Morgan fingerprint density at radius 2 is 1.58 bits per heavy atom. The zero-order chi connectivity index (χ0) is 20.0. The smallest absolute Gasteiger partial charge is 0.466 e. The normalized spacial score (nSPS) is 12.7. The molecule has 0 aliphatic heterocycles. The highest BCUT2D eigenvalue weighted by Gasteiger charge is 2.46. The molecule has 0 unspecified atom stereocenters. The summed E-state index contributed by atoms with van der Waals surface area (Å²) in [5, 5.41) is 0. The molecular weight excluding hydrogens is 355 g/mol. The molecule has 0 rings (SSSR count). The lowest BCUT2D eigenvalue weighted by atomic mass is 10.1. The second-order valence-corrected chi connectivity index (χ2v) is 7.57. The van der Waals surface area contributed by atoms with Crippen LogP contribution in [0.15, 0.2) is 35.1 Å². The standard InChI is InChI=1S/C19H34O6P/c1-7-23-26(21,24-8-2)25-18(15-19(20)22-6)14-10-13-17(5)12-9-11-16(3)4/h11,13,15,21H,7-10,12,14H2,1-6H3/q+1/b17-13+,18-15-. The predicted octanol–water partition coefficient (Wildman–Crippen LogP) is 5.28. The maximum atomic E-state index is 11.6. The summed E-state index contributed by atoms with van der Waals surface area (Å²) in [6, 6.07) is 0. The molecule has 7 heteroatoms. The Hall–Kier alpha value is -1.20. The fourth-order valence-corrected chi connectivity index (χ4v) is 3.32. The summed E-state index contributed by atoms with van der Waals surface area (Å²) in [4.78, 5) is 21.9. The molecule has 0 amide bonds. The SMILES string of the molecule is CCO[P+](O)(OCC)O/C(=C\C(=O)OC)CC/C=C(\C)CCC=C(C)C. The van der Waals surface area contributed by atoms with Gasteiger partial charge in [0.05, 0.1) is 26.4 Å². The van der Waals surface area contributed by atoms with Crippen LogP contribution in [0.3, 0.4) is 0 Å². The molecule has 0 heterocycles. The highest BCUT2D eigenvalue weighted by atomic mass is 31.2. The van der Waals surface area contributed by atoms with Gasteiger partial charge < -0.3 is 4.74 Å². The van der Waals surface area contributed by atoms with Gasteiger partial charge >= 0.3 is 14.1 Å². The molecule has 1 N–H and O–H groups in total. The Balaban J connectivity index is 4.92. The van der Waals surface area contributed by atoms with Gasteiger partial charge in [-0.1, -0.05) is 23.3 Å². The van der Waals surface area contributed by atoms with Gasteiger partial charge in [0.25, 0.3) is 0 Å². The molecule has 0 aromatic heterocycles. The molecule has 0 aliphatic carbocycles. The average molecular weight is 389 g/mol. The van der Waals surface area contributed by atoms with Crippen LogP contribution in [0.4, 0.5) is 0 Å². The first-order valence-electron chi connectivity index (χ1n) is 8.94. The second kappa shape index (κ2) is 13.9. The summed E-state index contributed by atoms with van der Waals surface area (Å²) in [6.07, 6.45) is 8.61. The third kappa shape index (κ3) is 12.2. The fourth-order valence-electron chi connectivity index (χ4n) is 2.05. The second-order valence-electron chi connectivity index (χ2n) is 5.94.